The lowest BCUT2D eigenvalue weighted by Crippen LogP contribution is -2.42. The number of hydrogen-bond acceptors (Lipinski definition) is 2. The third-order valence-electron chi connectivity index (χ3n) is 4.64. The highest BCUT2D eigenvalue weighted by Crippen LogP contribution is 2.34. The molecule has 0 aliphatic carbocycles. The van der Waals surface area contributed by atoms with Gasteiger partial charge in [-0.15, -0.1) is 0 Å². The van der Waals surface area contributed by atoms with Gasteiger partial charge in [0.25, 0.3) is 5.91 Å². The third kappa shape index (κ3) is 3.14. The summed E-state index contributed by atoms with van der Waals surface area (Å²) in [5.41, 5.74) is 2.16. The maximum absolute atomic E-state index is 12.7. The van der Waals surface area contributed by atoms with Gasteiger partial charge in [0.2, 0.25) is 0 Å². The minimum Gasteiger partial charge on any atom is -0.385 e. The van der Waals surface area contributed by atoms with Crippen molar-refractivity contribution in [2.45, 2.75) is 40.0 Å². The van der Waals surface area contributed by atoms with Gasteiger partial charge in [-0.05, 0) is 37.3 Å². The van der Waals surface area contributed by atoms with Gasteiger partial charge in [0, 0.05) is 25.3 Å². The number of amides is 1. The number of hydrogen-bond donors (Lipinski definition) is 1. The molecule has 3 heteroatoms. The third-order valence-corrected chi connectivity index (χ3v) is 4.64. The summed E-state index contributed by atoms with van der Waals surface area (Å²) < 4.78 is 0. The van der Waals surface area contributed by atoms with Crippen molar-refractivity contribution in [1.82, 2.24) is 4.90 Å². The predicted octanol–water partition coefficient (Wildman–Crippen LogP) is 3.77. The van der Waals surface area contributed by atoms with Gasteiger partial charge >= 0.3 is 0 Å². The van der Waals surface area contributed by atoms with Crippen molar-refractivity contribution < 1.29 is 4.79 Å². The molecule has 1 saturated heterocycles. The Balaban J connectivity index is 2.09. The van der Waals surface area contributed by atoms with E-state index in [2.05, 4.69) is 26.1 Å². The first kappa shape index (κ1) is 14.9. The number of nitrogens with zero attached hydrogens (tertiary/aromatic N) is 1. The molecule has 1 aromatic rings. The molecule has 0 bridgehead atoms. The fourth-order valence-electron chi connectivity index (χ4n) is 2.79. The molecule has 3 nitrogen and oxygen atoms in total. The molecular weight excluding hydrogens is 248 g/mol. The molecule has 1 amide bonds. The van der Waals surface area contributed by atoms with Gasteiger partial charge in [0.15, 0.2) is 0 Å². The van der Waals surface area contributed by atoms with E-state index in [1.54, 1.807) is 0 Å². The molecule has 20 heavy (non-hydrogen) atoms. The van der Waals surface area contributed by atoms with Gasteiger partial charge in [0.05, 0.1) is 5.56 Å². The highest BCUT2D eigenvalue weighted by molar-refractivity contribution is 5.99. The standard InChI is InChI=1S/C17H26N2O/c1-4-17(3)10-12-19(13-11-17)16(20)14-8-6-7-9-15(14)18-5-2/h6-9,18H,4-5,10-13H2,1-3H3. The van der Waals surface area contributed by atoms with E-state index in [4.69, 9.17) is 0 Å². The first-order chi connectivity index (χ1) is 9.59. The van der Waals surface area contributed by atoms with Crippen molar-refractivity contribution in [3.05, 3.63) is 29.8 Å². The van der Waals surface area contributed by atoms with E-state index in [0.717, 1.165) is 43.7 Å². The molecule has 1 aliphatic heterocycles. The van der Waals surface area contributed by atoms with Crippen molar-refractivity contribution in [3.63, 3.8) is 0 Å². The van der Waals surface area contributed by atoms with Crippen LogP contribution in [0.2, 0.25) is 0 Å². The normalized spacial score (nSPS) is 17.9. The minimum absolute atomic E-state index is 0.166. The molecule has 1 heterocycles. The van der Waals surface area contributed by atoms with Crippen LogP contribution in [0.3, 0.4) is 0 Å². The number of anilines is 1. The molecule has 1 aromatic carbocycles. The molecule has 0 saturated carbocycles. The lowest BCUT2D eigenvalue weighted by atomic mass is 9.78. The van der Waals surface area contributed by atoms with E-state index >= 15 is 0 Å². The lowest BCUT2D eigenvalue weighted by molar-refractivity contribution is 0.0601. The summed E-state index contributed by atoms with van der Waals surface area (Å²) in [6.07, 6.45) is 3.42. The fraction of sp³-hybridized carbons (Fsp3) is 0.588. The first-order valence-electron chi connectivity index (χ1n) is 7.72. The molecule has 1 N–H and O–H groups in total. The second-order valence-electron chi connectivity index (χ2n) is 6.03. The van der Waals surface area contributed by atoms with Crippen LogP contribution in [0.25, 0.3) is 0 Å². The van der Waals surface area contributed by atoms with Crippen LogP contribution < -0.4 is 5.32 Å². The van der Waals surface area contributed by atoms with Crippen LogP contribution in [-0.2, 0) is 0 Å². The molecule has 0 unspecified atom stereocenters. The Labute approximate surface area is 122 Å². The van der Waals surface area contributed by atoms with Crippen molar-refractivity contribution >= 4 is 11.6 Å². The Kier molecular flexibility index (Phi) is 4.69. The van der Waals surface area contributed by atoms with Gasteiger partial charge in [0.1, 0.15) is 0 Å². The average molecular weight is 274 g/mol. The summed E-state index contributed by atoms with van der Waals surface area (Å²) in [4.78, 5) is 14.7. The van der Waals surface area contributed by atoms with Crippen LogP contribution in [0.1, 0.15) is 50.4 Å². The number of nitrogens with one attached hydrogen (secondary N) is 1. The zero-order valence-electron chi connectivity index (χ0n) is 12.9. The highest BCUT2D eigenvalue weighted by atomic mass is 16.2. The van der Waals surface area contributed by atoms with Crippen LogP contribution in [0, 0.1) is 5.41 Å². The zero-order chi connectivity index (χ0) is 14.6. The average Bonchev–Trinajstić information content (AvgIpc) is 2.48. The number of piperidine rings is 1. The predicted molar refractivity (Wildman–Crippen MR) is 84.1 cm³/mol. The smallest absolute Gasteiger partial charge is 0.255 e. The fourth-order valence-corrected chi connectivity index (χ4v) is 2.79. The van der Waals surface area contributed by atoms with Crippen molar-refractivity contribution in [2.24, 2.45) is 5.41 Å². The highest BCUT2D eigenvalue weighted by Gasteiger charge is 2.31. The van der Waals surface area contributed by atoms with Crippen LogP contribution in [0.4, 0.5) is 5.69 Å². The van der Waals surface area contributed by atoms with Crippen molar-refractivity contribution in [1.29, 1.82) is 0 Å². The number of likely N-dealkylation sites (tertiary alicyclic amines) is 1. The SMILES string of the molecule is CCNc1ccccc1C(=O)N1CCC(C)(CC)CC1. The Morgan fingerprint density at radius 3 is 2.50 bits per heavy atom. The quantitative estimate of drug-likeness (QED) is 0.906. The maximum atomic E-state index is 12.7. The van der Waals surface area contributed by atoms with E-state index in [1.165, 1.54) is 6.42 Å². The van der Waals surface area contributed by atoms with Crippen molar-refractivity contribution in [3.8, 4) is 0 Å². The number of benzene rings is 1. The van der Waals surface area contributed by atoms with Gasteiger partial charge in [-0.1, -0.05) is 32.4 Å². The summed E-state index contributed by atoms with van der Waals surface area (Å²) in [5.74, 6) is 0.166. The van der Waals surface area contributed by atoms with E-state index in [9.17, 15) is 4.79 Å². The van der Waals surface area contributed by atoms with Crippen molar-refractivity contribution in [2.75, 3.05) is 25.0 Å². The van der Waals surface area contributed by atoms with Crippen LogP contribution in [0.5, 0.6) is 0 Å². The van der Waals surface area contributed by atoms with E-state index in [-0.39, 0.29) is 5.91 Å². The molecule has 0 spiro atoms. The van der Waals surface area contributed by atoms with Crippen LogP contribution in [0.15, 0.2) is 24.3 Å². The monoisotopic (exact) mass is 274 g/mol. The second kappa shape index (κ2) is 6.29. The number of carbonyl (C=O) groups excluding carboxylic acids is 1. The van der Waals surface area contributed by atoms with Crippen LogP contribution >= 0.6 is 0 Å². The molecule has 1 aliphatic rings. The summed E-state index contributed by atoms with van der Waals surface area (Å²) in [6, 6.07) is 7.82. The number of carbonyl (C=O) groups is 1. The summed E-state index contributed by atoms with van der Waals surface area (Å²) in [6.45, 7) is 9.22. The Morgan fingerprint density at radius 2 is 1.90 bits per heavy atom. The Hall–Kier alpha value is -1.51. The first-order valence-corrected chi connectivity index (χ1v) is 7.72. The molecule has 1 fully saturated rings. The Morgan fingerprint density at radius 1 is 1.25 bits per heavy atom. The number of para-hydroxylation sites is 1. The largest absolute Gasteiger partial charge is 0.385 e. The summed E-state index contributed by atoms with van der Waals surface area (Å²) in [7, 11) is 0. The topological polar surface area (TPSA) is 32.3 Å². The maximum Gasteiger partial charge on any atom is 0.255 e. The van der Waals surface area contributed by atoms with E-state index < -0.39 is 0 Å². The number of rotatable bonds is 4. The summed E-state index contributed by atoms with van der Waals surface area (Å²) >= 11 is 0. The minimum atomic E-state index is 0.166. The van der Waals surface area contributed by atoms with Gasteiger partial charge in [-0.25, -0.2) is 0 Å². The van der Waals surface area contributed by atoms with Gasteiger partial charge in [-0.2, -0.15) is 0 Å². The molecule has 0 radical (unpaired) electrons. The molecule has 110 valence electrons. The van der Waals surface area contributed by atoms with Gasteiger partial charge < -0.3 is 10.2 Å². The van der Waals surface area contributed by atoms with E-state index in [1.807, 2.05) is 29.2 Å². The zero-order valence-corrected chi connectivity index (χ0v) is 12.9. The molecule has 2 rings (SSSR count). The van der Waals surface area contributed by atoms with E-state index in [0.29, 0.717) is 5.41 Å². The summed E-state index contributed by atoms with van der Waals surface area (Å²) in [5, 5.41) is 3.28. The second-order valence-corrected chi connectivity index (χ2v) is 6.03. The Bertz CT molecular complexity index is 462. The van der Waals surface area contributed by atoms with Crippen LogP contribution in [-0.4, -0.2) is 30.4 Å². The molecular formula is C17H26N2O. The molecule has 0 atom stereocenters. The van der Waals surface area contributed by atoms with Gasteiger partial charge in [-0.3, -0.25) is 4.79 Å². The lowest BCUT2D eigenvalue weighted by Gasteiger charge is -2.39. The molecule has 0 aromatic heterocycles.